The Balaban J connectivity index is 2.09. The number of nitrogens with two attached hydrogens (primary N) is 1. The molecule has 2 aromatic heterocycles. The summed E-state index contributed by atoms with van der Waals surface area (Å²) in [6, 6.07) is 2.17. The maximum Gasteiger partial charge on any atom is 0.240 e. The summed E-state index contributed by atoms with van der Waals surface area (Å²) in [5.74, 6) is 8.12. The molecule has 1 saturated heterocycles. The molecule has 0 bridgehead atoms. The Hall–Kier alpha value is -1.05. The van der Waals surface area contributed by atoms with Crippen molar-refractivity contribution in [3.05, 3.63) is 10.9 Å². The Bertz CT molecular complexity index is 597. The van der Waals surface area contributed by atoms with Gasteiger partial charge in [0.05, 0.1) is 5.39 Å². The molecular weight excluding hydrogens is 278 g/mol. The van der Waals surface area contributed by atoms with Crippen molar-refractivity contribution >= 4 is 45.1 Å². The predicted molar refractivity (Wildman–Crippen MR) is 84.1 cm³/mol. The molecule has 0 aliphatic carbocycles. The van der Waals surface area contributed by atoms with Crippen LogP contribution in [-0.4, -0.2) is 34.1 Å². The molecule has 0 aromatic carbocycles. The molecular formula is C12H17N5S2. The maximum atomic E-state index is 5.48. The van der Waals surface area contributed by atoms with Crippen molar-refractivity contribution in [3.63, 3.8) is 0 Å². The molecule has 3 rings (SSSR count). The van der Waals surface area contributed by atoms with Gasteiger partial charge in [0.2, 0.25) is 5.95 Å². The number of aryl methyl sites for hydroxylation is 1. The third kappa shape index (κ3) is 2.50. The van der Waals surface area contributed by atoms with Gasteiger partial charge in [0, 0.05) is 29.0 Å². The molecule has 1 aliphatic heterocycles. The summed E-state index contributed by atoms with van der Waals surface area (Å²) < 4.78 is 0. The Labute approximate surface area is 120 Å². The van der Waals surface area contributed by atoms with E-state index in [9.17, 15) is 0 Å². The minimum absolute atomic E-state index is 0.496. The summed E-state index contributed by atoms with van der Waals surface area (Å²) in [6.45, 7) is 6.41. The van der Waals surface area contributed by atoms with Crippen LogP contribution in [-0.2, 0) is 0 Å². The van der Waals surface area contributed by atoms with Crippen molar-refractivity contribution in [1.82, 2.24) is 9.97 Å². The number of fused-ring (bicyclic) bond motifs is 1. The summed E-state index contributed by atoms with van der Waals surface area (Å²) >= 11 is 3.70. The number of hydrogen-bond donors (Lipinski definition) is 2. The van der Waals surface area contributed by atoms with Crippen molar-refractivity contribution in [3.8, 4) is 0 Å². The first-order chi connectivity index (χ1) is 9.17. The third-order valence-corrected chi connectivity index (χ3v) is 5.25. The van der Waals surface area contributed by atoms with Gasteiger partial charge in [-0.3, -0.25) is 5.43 Å². The fourth-order valence-corrected chi connectivity index (χ4v) is 4.23. The van der Waals surface area contributed by atoms with Crippen LogP contribution in [0.5, 0.6) is 0 Å². The van der Waals surface area contributed by atoms with Gasteiger partial charge >= 0.3 is 0 Å². The fraction of sp³-hybridized carbons (Fsp3) is 0.500. The average molecular weight is 295 g/mol. The van der Waals surface area contributed by atoms with Gasteiger partial charge in [0.25, 0.3) is 0 Å². The number of nitrogens with zero attached hydrogens (tertiary/aromatic N) is 3. The minimum Gasteiger partial charge on any atom is -0.354 e. The second kappa shape index (κ2) is 5.15. The second-order valence-electron chi connectivity index (χ2n) is 4.72. The molecule has 0 amide bonds. The van der Waals surface area contributed by atoms with Crippen molar-refractivity contribution in [2.75, 3.05) is 29.2 Å². The molecule has 1 fully saturated rings. The van der Waals surface area contributed by atoms with E-state index in [-0.39, 0.29) is 0 Å². The monoisotopic (exact) mass is 295 g/mol. The van der Waals surface area contributed by atoms with Crippen molar-refractivity contribution in [2.45, 2.75) is 19.1 Å². The smallest absolute Gasteiger partial charge is 0.240 e. The molecule has 3 N–H and O–H groups in total. The Morgan fingerprint density at radius 2 is 2.32 bits per heavy atom. The van der Waals surface area contributed by atoms with Crippen LogP contribution < -0.4 is 16.2 Å². The van der Waals surface area contributed by atoms with Crippen LogP contribution >= 0.6 is 23.1 Å². The van der Waals surface area contributed by atoms with Crippen LogP contribution in [0.25, 0.3) is 10.2 Å². The van der Waals surface area contributed by atoms with Gasteiger partial charge in [0.1, 0.15) is 10.6 Å². The summed E-state index contributed by atoms with van der Waals surface area (Å²) in [5.41, 5.74) is 2.57. The zero-order valence-corrected chi connectivity index (χ0v) is 12.6. The van der Waals surface area contributed by atoms with E-state index in [1.54, 1.807) is 11.3 Å². The van der Waals surface area contributed by atoms with Gasteiger partial charge in [-0.15, -0.1) is 11.3 Å². The van der Waals surface area contributed by atoms with Crippen LogP contribution in [0, 0.1) is 6.92 Å². The lowest BCUT2D eigenvalue weighted by Crippen LogP contribution is -2.37. The topological polar surface area (TPSA) is 67.1 Å². The van der Waals surface area contributed by atoms with Gasteiger partial charge in [-0.2, -0.15) is 16.7 Å². The summed E-state index contributed by atoms with van der Waals surface area (Å²) in [5, 5.41) is 1.77. The molecule has 3 heterocycles. The standard InChI is InChI=1S/C12H17N5S2/c1-7-5-9-10(17-3-4-18-8(2)6-17)14-12(16-13)15-11(9)19-7/h5,8H,3-4,6,13H2,1-2H3,(H,14,15,16). The first-order valence-corrected chi connectivity index (χ1v) is 8.15. The van der Waals surface area contributed by atoms with Gasteiger partial charge in [0.15, 0.2) is 0 Å². The van der Waals surface area contributed by atoms with Crippen LogP contribution in [0.4, 0.5) is 11.8 Å². The van der Waals surface area contributed by atoms with Crippen molar-refractivity contribution in [1.29, 1.82) is 0 Å². The number of rotatable bonds is 2. The highest BCUT2D eigenvalue weighted by atomic mass is 32.2. The highest BCUT2D eigenvalue weighted by molar-refractivity contribution is 8.00. The lowest BCUT2D eigenvalue weighted by atomic mass is 10.3. The van der Waals surface area contributed by atoms with E-state index in [2.05, 4.69) is 40.2 Å². The number of aromatic nitrogens is 2. The van der Waals surface area contributed by atoms with E-state index in [0.717, 1.165) is 34.9 Å². The zero-order chi connectivity index (χ0) is 13.4. The third-order valence-electron chi connectivity index (χ3n) is 3.17. The van der Waals surface area contributed by atoms with Gasteiger partial charge in [-0.1, -0.05) is 6.92 Å². The van der Waals surface area contributed by atoms with Crippen LogP contribution in [0.15, 0.2) is 6.07 Å². The lowest BCUT2D eigenvalue weighted by Gasteiger charge is -2.31. The van der Waals surface area contributed by atoms with E-state index in [1.165, 1.54) is 4.88 Å². The maximum absolute atomic E-state index is 5.48. The van der Waals surface area contributed by atoms with E-state index in [0.29, 0.717) is 11.2 Å². The first-order valence-electron chi connectivity index (χ1n) is 6.28. The number of thiophene rings is 1. The molecule has 1 atom stereocenters. The quantitative estimate of drug-likeness (QED) is 0.654. The van der Waals surface area contributed by atoms with Crippen LogP contribution in [0.1, 0.15) is 11.8 Å². The number of nitrogens with one attached hydrogen (secondary N) is 1. The molecule has 0 saturated carbocycles. The normalized spacial score (nSPS) is 19.9. The molecule has 1 unspecified atom stereocenters. The number of nitrogen functional groups attached to an aromatic ring is 1. The van der Waals surface area contributed by atoms with Crippen molar-refractivity contribution < 1.29 is 0 Å². The first kappa shape index (κ1) is 13.0. The van der Waals surface area contributed by atoms with E-state index < -0.39 is 0 Å². The number of hydrogen-bond acceptors (Lipinski definition) is 7. The second-order valence-corrected chi connectivity index (χ2v) is 7.50. The van der Waals surface area contributed by atoms with Crippen LogP contribution in [0.3, 0.4) is 0 Å². The molecule has 0 radical (unpaired) electrons. The lowest BCUT2D eigenvalue weighted by molar-refractivity contribution is 0.773. The van der Waals surface area contributed by atoms with E-state index >= 15 is 0 Å². The number of anilines is 2. The summed E-state index contributed by atoms with van der Waals surface area (Å²) in [7, 11) is 0. The van der Waals surface area contributed by atoms with E-state index in [1.807, 2.05) is 11.8 Å². The number of thioether (sulfide) groups is 1. The fourth-order valence-electron chi connectivity index (χ4n) is 2.34. The average Bonchev–Trinajstić information content (AvgIpc) is 2.77. The number of hydrazine groups is 1. The Morgan fingerprint density at radius 3 is 3.05 bits per heavy atom. The van der Waals surface area contributed by atoms with Gasteiger partial charge in [-0.05, 0) is 13.0 Å². The highest BCUT2D eigenvalue weighted by Crippen LogP contribution is 2.33. The predicted octanol–water partition coefficient (Wildman–Crippen LogP) is 2.23. The molecule has 19 heavy (non-hydrogen) atoms. The minimum atomic E-state index is 0.496. The summed E-state index contributed by atoms with van der Waals surface area (Å²) in [4.78, 5) is 13.6. The highest BCUT2D eigenvalue weighted by Gasteiger charge is 2.21. The largest absolute Gasteiger partial charge is 0.354 e. The van der Waals surface area contributed by atoms with Gasteiger partial charge < -0.3 is 4.90 Å². The van der Waals surface area contributed by atoms with Crippen LogP contribution in [0.2, 0.25) is 0 Å². The molecule has 0 spiro atoms. The Kier molecular flexibility index (Phi) is 3.51. The summed E-state index contributed by atoms with van der Waals surface area (Å²) in [6.07, 6.45) is 0. The van der Waals surface area contributed by atoms with Crippen molar-refractivity contribution in [2.24, 2.45) is 5.84 Å². The molecule has 2 aromatic rings. The molecule has 102 valence electrons. The SMILES string of the molecule is Cc1cc2c(N3CCSC(C)C3)nc(NN)nc2s1. The van der Waals surface area contributed by atoms with Gasteiger partial charge in [-0.25, -0.2) is 10.8 Å². The molecule has 1 aliphatic rings. The molecule has 7 heteroatoms. The Morgan fingerprint density at radius 1 is 1.47 bits per heavy atom. The van der Waals surface area contributed by atoms with E-state index in [4.69, 9.17) is 5.84 Å². The zero-order valence-electron chi connectivity index (χ0n) is 11.0. The molecule has 5 nitrogen and oxygen atoms in total.